The number of nitrogens with zero attached hydrogens (tertiary/aromatic N) is 4. The summed E-state index contributed by atoms with van der Waals surface area (Å²) in [6.45, 7) is 0. The zero-order valence-electron chi connectivity index (χ0n) is 14.2. The van der Waals surface area contributed by atoms with Gasteiger partial charge in [-0.25, -0.2) is 0 Å². The van der Waals surface area contributed by atoms with Crippen molar-refractivity contribution in [3.63, 3.8) is 0 Å². The van der Waals surface area contributed by atoms with E-state index in [1.54, 1.807) is 12.1 Å². The molecule has 0 unspecified atom stereocenters. The predicted molar refractivity (Wildman–Crippen MR) is 103 cm³/mol. The van der Waals surface area contributed by atoms with Crippen LogP contribution in [0.1, 0.15) is 0 Å². The molecule has 0 fully saturated rings. The minimum absolute atomic E-state index is 0.0330. The summed E-state index contributed by atoms with van der Waals surface area (Å²) in [5.74, 6) is 1.16. The average molecular weight is 357 g/mol. The maximum absolute atomic E-state index is 11.0. The van der Waals surface area contributed by atoms with Gasteiger partial charge in [-0.2, -0.15) is 0 Å². The largest absolute Gasteiger partial charge is 0.324 e. The number of nitrogens with one attached hydrogen (secondary N) is 1. The van der Waals surface area contributed by atoms with Crippen molar-refractivity contribution in [3.05, 3.63) is 95.0 Å². The van der Waals surface area contributed by atoms with Gasteiger partial charge in [-0.05, 0) is 24.3 Å². The lowest BCUT2D eigenvalue weighted by Gasteiger charge is -2.12. The van der Waals surface area contributed by atoms with Gasteiger partial charge in [-0.15, -0.1) is 10.2 Å². The Morgan fingerprint density at radius 1 is 0.815 bits per heavy atom. The molecule has 0 atom stereocenters. The molecule has 0 saturated carbocycles. The highest BCUT2D eigenvalue weighted by Gasteiger charge is 2.16. The number of non-ortho nitro benzene ring substituents is 1. The van der Waals surface area contributed by atoms with E-state index >= 15 is 0 Å². The first-order chi connectivity index (χ1) is 13.2. The van der Waals surface area contributed by atoms with Crippen molar-refractivity contribution in [2.24, 2.45) is 0 Å². The normalized spacial score (nSPS) is 10.5. The molecule has 0 amide bonds. The van der Waals surface area contributed by atoms with E-state index in [-0.39, 0.29) is 5.69 Å². The van der Waals surface area contributed by atoms with E-state index in [0.29, 0.717) is 11.8 Å². The Bertz CT molecular complexity index is 1060. The topological polar surface area (TPSA) is 85.9 Å². The van der Waals surface area contributed by atoms with Crippen LogP contribution in [0.5, 0.6) is 0 Å². The highest BCUT2D eigenvalue weighted by Crippen LogP contribution is 2.28. The van der Waals surface area contributed by atoms with Crippen molar-refractivity contribution in [2.45, 2.75) is 0 Å². The van der Waals surface area contributed by atoms with Gasteiger partial charge in [0.25, 0.3) is 5.69 Å². The fourth-order valence-electron chi connectivity index (χ4n) is 2.76. The molecule has 132 valence electrons. The number of benzene rings is 3. The average Bonchev–Trinajstić information content (AvgIpc) is 3.13. The van der Waals surface area contributed by atoms with E-state index in [1.165, 1.54) is 12.1 Å². The van der Waals surface area contributed by atoms with Crippen LogP contribution >= 0.6 is 0 Å². The molecule has 0 aliphatic rings. The Hall–Kier alpha value is -4.00. The van der Waals surface area contributed by atoms with Gasteiger partial charge in [0.1, 0.15) is 0 Å². The van der Waals surface area contributed by atoms with Gasteiger partial charge in [0.15, 0.2) is 5.82 Å². The van der Waals surface area contributed by atoms with Crippen LogP contribution in [0.3, 0.4) is 0 Å². The molecule has 1 N–H and O–H groups in total. The molecule has 0 saturated heterocycles. The quantitative estimate of drug-likeness (QED) is 0.417. The van der Waals surface area contributed by atoms with E-state index in [1.807, 2.05) is 65.2 Å². The van der Waals surface area contributed by atoms with Crippen molar-refractivity contribution >= 4 is 17.3 Å². The number of nitro benzene ring substituents is 1. The van der Waals surface area contributed by atoms with E-state index in [4.69, 9.17) is 0 Å². The summed E-state index contributed by atoms with van der Waals surface area (Å²) in [6, 6.07) is 25.6. The highest BCUT2D eigenvalue weighted by atomic mass is 16.6. The van der Waals surface area contributed by atoms with Crippen molar-refractivity contribution in [3.8, 4) is 17.1 Å². The summed E-state index contributed by atoms with van der Waals surface area (Å²) in [5.41, 5.74) is 2.52. The lowest BCUT2D eigenvalue weighted by Crippen LogP contribution is -2.03. The summed E-state index contributed by atoms with van der Waals surface area (Å²) < 4.78 is 1.84. The third kappa shape index (κ3) is 3.38. The number of aromatic nitrogens is 3. The molecular weight excluding hydrogens is 342 g/mol. The third-order valence-corrected chi connectivity index (χ3v) is 4.04. The first kappa shape index (κ1) is 16.5. The van der Waals surface area contributed by atoms with Crippen LogP contribution in [0.2, 0.25) is 0 Å². The summed E-state index contributed by atoms with van der Waals surface area (Å²) in [7, 11) is 0. The SMILES string of the molecule is O=[N+]([O-])c1ccc(-n2c(Nc3ccccc3)nnc2-c2ccccc2)cc1. The molecule has 0 spiro atoms. The predicted octanol–water partition coefficient (Wildman–Crippen LogP) is 4.59. The van der Waals surface area contributed by atoms with Gasteiger partial charge in [0.05, 0.1) is 10.6 Å². The van der Waals surface area contributed by atoms with Gasteiger partial charge in [-0.3, -0.25) is 14.7 Å². The van der Waals surface area contributed by atoms with Gasteiger partial charge in [0.2, 0.25) is 5.95 Å². The molecule has 3 aromatic carbocycles. The van der Waals surface area contributed by atoms with Crippen LogP contribution in [0.4, 0.5) is 17.3 Å². The minimum Gasteiger partial charge on any atom is -0.324 e. The molecule has 7 heteroatoms. The molecule has 1 heterocycles. The lowest BCUT2D eigenvalue weighted by atomic mass is 10.2. The number of para-hydroxylation sites is 1. The van der Waals surface area contributed by atoms with Crippen LogP contribution in [0.25, 0.3) is 17.1 Å². The van der Waals surface area contributed by atoms with Crippen molar-refractivity contribution in [2.75, 3.05) is 5.32 Å². The second-order valence-corrected chi connectivity index (χ2v) is 5.81. The molecule has 4 aromatic rings. The summed E-state index contributed by atoms with van der Waals surface area (Å²) in [6.07, 6.45) is 0. The van der Waals surface area contributed by atoms with Gasteiger partial charge in [-0.1, -0.05) is 48.5 Å². The van der Waals surface area contributed by atoms with Gasteiger partial charge < -0.3 is 5.32 Å². The van der Waals surface area contributed by atoms with Crippen LogP contribution in [-0.4, -0.2) is 19.7 Å². The molecule has 1 aromatic heterocycles. The van der Waals surface area contributed by atoms with Gasteiger partial charge in [0, 0.05) is 23.4 Å². The molecule has 27 heavy (non-hydrogen) atoms. The van der Waals surface area contributed by atoms with E-state index < -0.39 is 4.92 Å². The molecule has 0 aliphatic heterocycles. The highest BCUT2D eigenvalue weighted by molar-refractivity contribution is 5.65. The third-order valence-electron chi connectivity index (χ3n) is 4.04. The van der Waals surface area contributed by atoms with Gasteiger partial charge >= 0.3 is 0 Å². The van der Waals surface area contributed by atoms with E-state index in [0.717, 1.165) is 16.9 Å². The van der Waals surface area contributed by atoms with Crippen LogP contribution in [-0.2, 0) is 0 Å². The minimum atomic E-state index is -0.419. The first-order valence-electron chi connectivity index (χ1n) is 8.30. The standard InChI is InChI=1S/C20H15N5O2/c26-25(27)18-13-11-17(12-14-18)24-19(15-7-3-1-4-8-15)22-23-20(24)21-16-9-5-2-6-10-16/h1-14H,(H,21,23). The Morgan fingerprint density at radius 2 is 1.44 bits per heavy atom. The fourth-order valence-corrected chi connectivity index (χ4v) is 2.76. The molecule has 0 radical (unpaired) electrons. The number of hydrogen-bond donors (Lipinski definition) is 1. The number of rotatable bonds is 5. The van der Waals surface area contributed by atoms with E-state index in [2.05, 4.69) is 15.5 Å². The molecule has 4 rings (SSSR count). The van der Waals surface area contributed by atoms with Crippen LogP contribution < -0.4 is 5.32 Å². The maximum Gasteiger partial charge on any atom is 0.269 e. The number of nitro groups is 1. The molecule has 7 nitrogen and oxygen atoms in total. The Balaban J connectivity index is 1.83. The maximum atomic E-state index is 11.0. The van der Waals surface area contributed by atoms with Crippen LogP contribution in [0, 0.1) is 10.1 Å². The Kier molecular flexibility index (Phi) is 4.32. The van der Waals surface area contributed by atoms with Crippen LogP contribution in [0.15, 0.2) is 84.9 Å². The fraction of sp³-hybridized carbons (Fsp3) is 0. The van der Waals surface area contributed by atoms with E-state index in [9.17, 15) is 10.1 Å². The van der Waals surface area contributed by atoms with Crippen molar-refractivity contribution in [1.82, 2.24) is 14.8 Å². The second-order valence-electron chi connectivity index (χ2n) is 5.81. The molecular formula is C20H15N5O2. The zero-order chi connectivity index (χ0) is 18.6. The van der Waals surface area contributed by atoms with Crippen molar-refractivity contribution < 1.29 is 4.92 Å². The zero-order valence-corrected chi connectivity index (χ0v) is 14.2. The summed E-state index contributed by atoms with van der Waals surface area (Å²) in [5, 5.41) is 22.8. The Labute approximate surface area is 155 Å². The number of anilines is 2. The lowest BCUT2D eigenvalue weighted by molar-refractivity contribution is -0.384. The summed E-state index contributed by atoms with van der Waals surface area (Å²) in [4.78, 5) is 10.5. The second kappa shape index (κ2) is 7.09. The van der Waals surface area contributed by atoms with Crippen molar-refractivity contribution in [1.29, 1.82) is 0 Å². The monoisotopic (exact) mass is 357 g/mol. The Morgan fingerprint density at radius 3 is 2.07 bits per heavy atom. The molecule has 0 aliphatic carbocycles. The number of hydrogen-bond acceptors (Lipinski definition) is 5. The first-order valence-corrected chi connectivity index (χ1v) is 8.30. The summed E-state index contributed by atoms with van der Waals surface area (Å²) >= 11 is 0. The molecule has 0 bridgehead atoms. The smallest absolute Gasteiger partial charge is 0.269 e.